The smallest absolute Gasteiger partial charge is 0.255 e. The number of rotatable bonds is 8. The van der Waals surface area contributed by atoms with Gasteiger partial charge in [0, 0.05) is 23.3 Å². The van der Waals surface area contributed by atoms with E-state index in [9.17, 15) is 19.1 Å². The van der Waals surface area contributed by atoms with Gasteiger partial charge in [-0.1, -0.05) is 6.92 Å². The predicted molar refractivity (Wildman–Crippen MR) is 140 cm³/mol. The number of amides is 2. The molecule has 0 bridgehead atoms. The Morgan fingerprint density at radius 1 is 1.21 bits per heavy atom. The van der Waals surface area contributed by atoms with Gasteiger partial charge in [0.2, 0.25) is 5.91 Å². The highest BCUT2D eigenvalue weighted by Gasteiger charge is 2.31. The van der Waals surface area contributed by atoms with Crippen LogP contribution in [0.25, 0.3) is 22.3 Å². The molecule has 2 saturated carbocycles. The molecule has 9 nitrogen and oxygen atoms in total. The van der Waals surface area contributed by atoms with Gasteiger partial charge in [0.25, 0.3) is 5.91 Å². The molecule has 38 heavy (non-hydrogen) atoms. The molecule has 4 N–H and O–H groups in total. The van der Waals surface area contributed by atoms with Crippen LogP contribution in [0, 0.1) is 24.6 Å². The van der Waals surface area contributed by atoms with Crippen LogP contribution < -0.4 is 15.4 Å². The van der Waals surface area contributed by atoms with Crippen molar-refractivity contribution in [3.8, 4) is 17.0 Å². The zero-order chi connectivity index (χ0) is 27.0. The third kappa shape index (κ3) is 5.50. The number of hydrogen-bond donors (Lipinski definition) is 4. The van der Waals surface area contributed by atoms with E-state index in [1.54, 1.807) is 6.07 Å². The second-order valence-corrected chi connectivity index (χ2v) is 10.7. The van der Waals surface area contributed by atoms with Gasteiger partial charge in [0.05, 0.1) is 17.7 Å². The number of H-pyrrole nitrogens is 1. The van der Waals surface area contributed by atoms with E-state index in [-0.39, 0.29) is 29.8 Å². The molecule has 2 fully saturated rings. The van der Waals surface area contributed by atoms with Crippen molar-refractivity contribution >= 4 is 22.8 Å². The first-order valence-electron chi connectivity index (χ1n) is 13.3. The molecule has 2 heterocycles. The lowest BCUT2D eigenvalue weighted by Gasteiger charge is -2.35. The van der Waals surface area contributed by atoms with Crippen molar-refractivity contribution < 1.29 is 23.8 Å². The fourth-order valence-corrected chi connectivity index (χ4v) is 5.21. The molecular formula is C28H34FN5O4. The number of benzene rings is 1. The summed E-state index contributed by atoms with van der Waals surface area (Å²) >= 11 is 0. The molecule has 0 saturated heterocycles. The number of aromatic nitrogens is 3. The Kier molecular flexibility index (Phi) is 7.34. The number of carbonyl (C=O) groups excluding carboxylic acids is 2. The van der Waals surface area contributed by atoms with Gasteiger partial charge in [-0.25, -0.2) is 14.4 Å². The van der Waals surface area contributed by atoms with Crippen LogP contribution >= 0.6 is 0 Å². The van der Waals surface area contributed by atoms with Crippen LogP contribution in [-0.4, -0.2) is 56.7 Å². The molecule has 2 aliphatic rings. The maximum absolute atomic E-state index is 14.3. The topological polar surface area (TPSA) is 129 Å². The van der Waals surface area contributed by atoms with Crippen molar-refractivity contribution in [2.75, 3.05) is 6.61 Å². The Hall–Kier alpha value is -3.53. The van der Waals surface area contributed by atoms with Gasteiger partial charge in [0.15, 0.2) is 0 Å². The second-order valence-electron chi connectivity index (χ2n) is 10.7. The number of hydrogen-bond acceptors (Lipinski definition) is 6. The van der Waals surface area contributed by atoms with E-state index in [0.29, 0.717) is 71.1 Å². The van der Waals surface area contributed by atoms with Gasteiger partial charge in [-0.2, -0.15) is 0 Å². The van der Waals surface area contributed by atoms with Crippen molar-refractivity contribution in [2.24, 2.45) is 11.8 Å². The molecular weight excluding hydrogens is 489 g/mol. The van der Waals surface area contributed by atoms with E-state index in [2.05, 4.69) is 25.6 Å². The molecule has 3 unspecified atom stereocenters. The lowest BCUT2D eigenvalue weighted by molar-refractivity contribution is -0.129. The minimum Gasteiger partial charge on any atom is -0.493 e. The number of fused-ring (bicyclic) bond motifs is 1. The molecule has 2 amide bonds. The quantitative estimate of drug-likeness (QED) is 0.357. The Morgan fingerprint density at radius 2 is 2.00 bits per heavy atom. The highest BCUT2D eigenvalue weighted by Crippen LogP contribution is 2.37. The summed E-state index contributed by atoms with van der Waals surface area (Å²) in [5, 5.41) is 15.5. The average Bonchev–Trinajstić information content (AvgIpc) is 3.64. The van der Waals surface area contributed by atoms with Gasteiger partial charge >= 0.3 is 0 Å². The normalized spacial score (nSPS) is 22.2. The lowest BCUT2D eigenvalue weighted by Crippen LogP contribution is -2.49. The summed E-state index contributed by atoms with van der Waals surface area (Å²) < 4.78 is 20.3. The number of aromatic amines is 1. The van der Waals surface area contributed by atoms with Gasteiger partial charge in [-0.15, -0.1) is 0 Å². The van der Waals surface area contributed by atoms with Crippen molar-refractivity contribution in [3.63, 3.8) is 0 Å². The van der Waals surface area contributed by atoms with E-state index in [0.717, 1.165) is 12.8 Å². The Balaban J connectivity index is 1.36. The Labute approximate surface area is 220 Å². The van der Waals surface area contributed by atoms with Gasteiger partial charge in [-0.05, 0) is 76.0 Å². The molecule has 3 aromatic rings. The van der Waals surface area contributed by atoms with E-state index in [1.807, 2.05) is 13.8 Å². The Morgan fingerprint density at radius 3 is 2.71 bits per heavy atom. The first-order chi connectivity index (χ1) is 18.2. The molecule has 0 aliphatic heterocycles. The first-order valence-corrected chi connectivity index (χ1v) is 13.3. The van der Waals surface area contributed by atoms with Gasteiger partial charge in [-0.3, -0.25) is 9.59 Å². The summed E-state index contributed by atoms with van der Waals surface area (Å²) in [7, 11) is 0. The van der Waals surface area contributed by atoms with Crippen LogP contribution in [0.15, 0.2) is 24.5 Å². The van der Waals surface area contributed by atoms with Crippen LogP contribution in [0.4, 0.5) is 4.39 Å². The molecule has 0 radical (unpaired) electrons. The summed E-state index contributed by atoms with van der Waals surface area (Å²) in [6.07, 6.45) is 4.71. The number of nitrogens with one attached hydrogen (secondary N) is 3. The highest BCUT2D eigenvalue weighted by molar-refractivity contribution is 6.09. The largest absolute Gasteiger partial charge is 0.493 e. The van der Waals surface area contributed by atoms with Gasteiger partial charge in [0.1, 0.15) is 35.2 Å². The number of aryl methyl sites for hydroxylation is 1. The summed E-state index contributed by atoms with van der Waals surface area (Å²) in [5.74, 6) is 0.191. The number of aliphatic hydroxyl groups excluding tert-OH is 1. The summed E-state index contributed by atoms with van der Waals surface area (Å²) in [6, 6.07) is 4.28. The van der Waals surface area contributed by atoms with Crippen molar-refractivity contribution in [1.29, 1.82) is 0 Å². The molecule has 4 atom stereocenters. The molecule has 2 aliphatic carbocycles. The lowest BCUT2D eigenvalue weighted by atomic mass is 9.82. The maximum Gasteiger partial charge on any atom is 0.255 e. The number of aliphatic hydroxyl groups is 1. The molecule has 2 aromatic heterocycles. The van der Waals surface area contributed by atoms with Crippen molar-refractivity contribution in [2.45, 2.75) is 71.1 Å². The average molecular weight is 524 g/mol. The zero-order valence-electron chi connectivity index (χ0n) is 21.9. The van der Waals surface area contributed by atoms with E-state index < -0.39 is 11.9 Å². The van der Waals surface area contributed by atoms with Crippen LogP contribution in [-0.2, 0) is 4.79 Å². The van der Waals surface area contributed by atoms with E-state index in [4.69, 9.17) is 4.74 Å². The van der Waals surface area contributed by atoms with Crippen LogP contribution in [0.1, 0.15) is 62.0 Å². The second kappa shape index (κ2) is 10.7. The summed E-state index contributed by atoms with van der Waals surface area (Å²) in [5.41, 5.74) is 3.08. The number of carbonyl (C=O) groups is 2. The summed E-state index contributed by atoms with van der Waals surface area (Å²) in [4.78, 5) is 37.4. The molecule has 202 valence electrons. The Bertz CT molecular complexity index is 1350. The summed E-state index contributed by atoms with van der Waals surface area (Å²) in [6.45, 7) is 5.86. The monoisotopic (exact) mass is 523 g/mol. The van der Waals surface area contributed by atoms with Crippen LogP contribution in [0.5, 0.6) is 5.75 Å². The van der Waals surface area contributed by atoms with Crippen LogP contribution in [0.3, 0.4) is 0 Å². The van der Waals surface area contributed by atoms with E-state index >= 15 is 0 Å². The predicted octanol–water partition coefficient (Wildman–Crippen LogP) is 3.65. The molecule has 10 heteroatoms. The van der Waals surface area contributed by atoms with Crippen molar-refractivity contribution in [1.82, 2.24) is 25.6 Å². The standard InChI is InChI=1S/C28H34FN5O4/c1-14-10-19(7-8-21(14)34-27(36)16(3)35)33-28(37)23-15(2)32-26-24(30-13-31-25(23)26)20-11-18(29)6-9-22(20)38-12-17-4-5-17/h6,9,11,13-14,16-17,19,21,32,35H,4-5,7-8,10,12H2,1-3H3,(H,33,37)(H,34,36)/t14?,16-,19?,21?/m0/s1. The number of ether oxygens (including phenoxy) is 1. The molecule has 0 spiro atoms. The minimum atomic E-state index is -1.05. The fraction of sp³-hybridized carbons (Fsp3) is 0.500. The van der Waals surface area contributed by atoms with Crippen molar-refractivity contribution in [3.05, 3.63) is 41.6 Å². The van der Waals surface area contributed by atoms with Gasteiger partial charge < -0.3 is 25.5 Å². The number of halogens is 1. The maximum atomic E-state index is 14.3. The molecule has 5 rings (SSSR count). The van der Waals surface area contributed by atoms with Crippen LogP contribution in [0.2, 0.25) is 0 Å². The minimum absolute atomic E-state index is 0.0435. The number of nitrogens with zero attached hydrogens (tertiary/aromatic N) is 2. The first kappa shape index (κ1) is 26.1. The van der Waals surface area contributed by atoms with E-state index in [1.165, 1.54) is 25.4 Å². The third-order valence-electron chi connectivity index (χ3n) is 7.58. The molecule has 1 aromatic carbocycles. The zero-order valence-corrected chi connectivity index (χ0v) is 21.9. The third-order valence-corrected chi connectivity index (χ3v) is 7.58. The fourth-order valence-electron chi connectivity index (χ4n) is 5.21. The highest BCUT2D eigenvalue weighted by atomic mass is 19.1. The SMILES string of the molecule is Cc1[nH]c2c(-c3cc(F)ccc3OCC3CC3)ncnc2c1C(=O)NC1CCC(NC(=O)[C@H](C)O)C(C)C1.